The summed E-state index contributed by atoms with van der Waals surface area (Å²) in [5.41, 5.74) is 0.733. The molecule has 0 fully saturated rings. The van der Waals surface area contributed by atoms with Crippen LogP contribution in [0.3, 0.4) is 0 Å². The lowest BCUT2D eigenvalue weighted by Gasteiger charge is -2.27. The van der Waals surface area contributed by atoms with Crippen LogP contribution in [0.1, 0.15) is 46.6 Å². The number of aromatic nitrogens is 1. The van der Waals surface area contributed by atoms with Crippen molar-refractivity contribution < 1.29 is 9.53 Å². The summed E-state index contributed by atoms with van der Waals surface area (Å²) in [6.07, 6.45) is 5.14. The SMILES string of the molecule is CCC(NCCc1cccnc1)C(C)NC(=O)OC(C)(C)C. The van der Waals surface area contributed by atoms with Gasteiger partial charge in [0, 0.05) is 24.5 Å². The number of hydrogen-bond donors (Lipinski definition) is 2. The van der Waals surface area contributed by atoms with E-state index in [1.54, 1.807) is 6.20 Å². The Bertz CT molecular complexity index is 443. The van der Waals surface area contributed by atoms with Gasteiger partial charge in [-0.15, -0.1) is 0 Å². The Balaban J connectivity index is 2.37. The zero-order valence-corrected chi connectivity index (χ0v) is 14.3. The predicted molar refractivity (Wildman–Crippen MR) is 88.9 cm³/mol. The molecule has 0 aliphatic carbocycles. The molecule has 0 spiro atoms. The molecule has 0 aromatic carbocycles. The number of ether oxygens (including phenoxy) is 1. The third-order valence-corrected chi connectivity index (χ3v) is 3.33. The van der Waals surface area contributed by atoms with Gasteiger partial charge in [0.05, 0.1) is 0 Å². The maximum absolute atomic E-state index is 11.8. The van der Waals surface area contributed by atoms with E-state index in [0.717, 1.165) is 19.4 Å². The minimum absolute atomic E-state index is 0.00810. The molecule has 5 heteroatoms. The van der Waals surface area contributed by atoms with E-state index in [9.17, 15) is 4.79 Å². The molecule has 0 aliphatic rings. The van der Waals surface area contributed by atoms with Crippen molar-refractivity contribution >= 4 is 6.09 Å². The van der Waals surface area contributed by atoms with E-state index in [4.69, 9.17) is 4.74 Å². The lowest BCUT2D eigenvalue weighted by molar-refractivity contribution is 0.0497. The minimum Gasteiger partial charge on any atom is -0.444 e. The number of nitrogens with one attached hydrogen (secondary N) is 2. The highest BCUT2D eigenvalue weighted by atomic mass is 16.6. The number of carbonyl (C=O) groups excluding carboxylic acids is 1. The maximum atomic E-state index is 11.8. The Morgan fingerprint density at radius 1 is 1.41 bits per heavy atom. The quantitative estimate of drug-likeness (QED) is 0.813. The van der Waals surface area contributed by atoms with Gasteiger partial charge in [0.1, 0.15) is 5.60 Å². The molecule has 0 saturated carbocycles. The van der Waals surface area contributed by atoms with Crippen LogP contribution in [0.15, 0.2) is 24.5 Å². The summed E-state index contributed by atoms with van der Waals surface area (Å²) in [4.78, 5) is 15.9. The Kier molecular flexibility index (Phi) is 7.32. The van der Waals surface area contributed by atoms with Crippen LogP contribution in [0, 0.1) is 0 Å². The second-order valence-corrected chi connectivity index (χ2v) is 6.52. The fraction of sp³-hybridized carbons (Fsp3) is 0.647. The van der Waals surface area contributed by atoms with Crippen LogP contribution < -0.4 is 10.6 Å². The molecule has 2 atom stereocenters. The summed E-state index contributed by atoms with van der Waals surface area (Å²) < 4.78 is 5.29. The van der Waals surface area contributed by atoms with Crippen molar-refractivity contribution in [3.8, 4) is 0 Å². The summed E-state index contributed by atoms with van der Waals surface area (Å²) >= 11 is 0. The van der Waals surface area contributed by atoms with Crippen LogP contribution >= 0.6 is 0 Å². The maximum Gasteiger partial charge on any atom is 0.407 e. The third-order valence-electron chi connectivity index (χ3n) is 3.33. The van der Waals surface area contributed by atoms with E-state index >= 15 is 0 Å². The Hall–Kier alpha value is -1.62. The molecule has 5 nitrogen and oxygen atoms in total. The smallest absolute Gasteiger partial charge is 0.407 e. The number of amides is 1. The first kappa shape index (κ1) is 18.4. The second-order valence-electron chi connectivity index (χ2n) is 6.52. The number of rotatable bonds is 7. The number of nitrogens with zero attached hydrogens (tertiary/aromatic N) is 1. The van der Waals surface area contributed by atoms with Gasteiger partial charge in [0.15, 0.2) is 0 Å². The summed E-state index contributed by atoms with van der Waals surface area (Å²) in [6, 6.07) is 4.23. The standard InChI is InChI=1S/C17H29N3O2/c1-6-15(13(2)20-16(21)22-17(3,4)5)19-11-9-14-8-7-10-18-12-14/h7-8,10,12-13,15,19H,6,9,11H2,1-5H3,(H,20,21). The molecule has 22 heavy (non-hydrogen) atoms. The largest absolute Gasteiger partial charge is 0.444 e. The normalized spacial score (nSPS) is 14.2. The zero-order valence-electron chi connectivity index (χ0n) is 14.3. The molecule has 1 amide bonds. The predicted octanol–water partition coefficient (Wildman–Crippen LogP) is 2.91. The van der Waals surface area contributed by atoms with E-state index in [-0.39, 0.29) is 18.2 Å². The first-order chi connectivity index (χ1) is 10.3. The van der Waals surface area contributed by atoms with E-state index in [0.29, 0.717) is 0 Å². The molecule has 124 valence electrons. The topological polar surface area (TPSA) is 63.2 Å². The van der Waals surface area contributed by atoms with Gasteiger partial charge in [-0.1, -0.05) is 13.0 Å². The fourth-order valence-electron chi connectivity index (χ4n) is 2.22. The van der Waals surface area contributed by atoms with Gasteiger partial charge >= 0.3 is 6.09 Å². The van der Waals surface area contributed by atoms with Crippen molar-refractivity contribution in [2.24, 2.45) is 0 Å². The van der Waals surface area contributed by atoms with Crippen LogP contribution in [-0.4, -0.2) is 35.3 Å². The molecular weight excluding hydrogens is 278 g/mol. The van der Waals surface area contributed by atoms with Crippen LogP contribution in [0.4, 0.5) is 4.79 Å². The van der Waals surface area contributed by atoms with Crippen LogP contribution in [-0.2, 0) is 11.2 Å². The first-order valence-corrected chi connectivity index (χ1v) is 7.93. The van der Waals surface area contributed by atoms with E-state index < -0.39 is 5.60 Å². The molecule has 0 radical (unpaired) electrons. The zero-order chi connectivity index (χ0) is 16.6. The molecule has 0 bridgehead atoms. The Morgan fingerprint density at radius 3 is 2.68 bits per heavy atom. The Morgan fingerprint density at radius 2 is 2.14 bits per heavy atom. The highest BCUT2D eigenvalue weighted by Crippen LogP contribution is 2.08. The molecular formula is C17H29N3O2. The molecule has 1 aromatic rings. The van der Waals surface area contributed by atoms with Crippen molar-refractivity contribution in [3.05, 3.63) is 30.1 Å². The van der Waals surface area contributed by atoms with Gasteiger partial charge < -0.3 is 15.4 Å². The van der Waals surface area contributed by atoms with Crippen LogP contribution in [0.2, 0.25) is 0 Å². The van der Waals surface area contributed by atoms with Crippen molar-refractivity contribution in [3.63, 3.8) is 0 Å². The molecule has 2 N–H and O–H groups in total. The molecule has 1 heterocycles. The van der Waals surface area contributed by atoms with Crippen molar-refractivity contribution in [2.75, 3.05) is 6.54 Å². The van der Waals surface area contributed by atoms with E-state index in [2.05, 4.69) is 28.6 Å². The van der Waals surface area contributed by atoms with Crippen LogP contribution in [0.25, 0.3) is 0 Å². The number of pyridine rings is 1. The first-order valence-electron chi connectivity index (χ1n) is 7.93. The number of carbonyl (C=O) groups is 1. The lowest BCUT2D eigenvalue weighted by atomic mass is 10.1. The third kappa shape index (κ3) is 7.41. The van der Waals surface area contributed by atoms with Gasteiger partial charge in [-0.2, -0.15) is 0 Å². The van der Waals surface area contributed by atoms with E-state index in [1.807, 2.05) is 40.0 Å². The van der Waals surface area contributed by atoms with Crippen molar-refractivity contribution in [1.82, 2.24) is 15.6 Å². The molecule has 2 unspecified atom stereocenters. The summed E-state index contributed by atoms with van der Waals surface area (Å²) in [5, 5.41) is 6.39. The van der Waals surface area contributed by atoms with Gasteiger partial charge in [-0.3, -0.25) is 4.98 Å². The van der Waals surface area contributed by atoms with Gasteiger partial charge in [0.25, 0.3) is 0 Å². The minimum atomic E-state index is -0.473. The summed E-state index contributed by atoms with van der Waals surface area (Å²) in [7, 11) is 0. The van der Waals surface area contributed by atoms with Crippen LogP contribution in [0.5, 0.6) is 0 Å². The van der Waals surface area contributed by atoms with Gasteiger partial charge in [0.2, 0.25) is 0 Å². The Labute approximate surface area is 133 Å². The average Bonchev–Trinajstić information content (AvgIpc) is 2.42. The summed E-state index contributed by atoms with van der Waals surface area (Å²) in [6.45, 7) is 10.5. The van der Waals surface area contributed by atoms with E-state index in [1.165, 1.54) is 5.56 Å². The highest BCUT2D eigenvalue weighted by molar-refractivity contribution is 5.68. The molecule has 1 aromatic heterocycles. The summed E-state index contributed by atoms with van der Waals surface area (Å²) in [5.74, 6) is 0. The molecule has 1 rings (SSSR count). The van der Waals surface area contributed by atoms with Crippen molar-refractivity contribution in [1.29, 1.82) is 0 Å². The average molecular weight is 307 g/mol. The molecule has 0 aliphatic heterocycles. The van der Waals surface area contributed by atoms with Crippen molar-refractivity contribution in [2.45, 2.75) is 65.1 Å². The lowest BCUT2D eigenvalue weighted by Crippen LogP contribution is -2.49. The second kappa shape index (κ2) is 8.73. The van der Waals surface area contributed by atoms with Gasteiger partial charge in [-0.25, -0.2) is 4.79 Å². The van der Waals surface area contributed by atoms with Gasteiger partial charge in [-0.05, 0) is 58.7 Å². The fourth-order valence-corrected chi connectivity index (χ4v) is 2.22. The highest BCUT2D eigenvalue weighted by Gasteiger charge is 2.21. The number of alkyl carbamates (subject to hydrolysis) is 1. The number of hydrogen-bond acceptors (Lipinski definition) is 4. The monoisotopic (exact) mass is 307 g/mol. The molecule has 0 saturated heterocycles.